The number of fused-ring (bicyclic) bond motifs is 1. The summed E-state index contributed by atoms with van der Waals surface area (Å²) in [5.41, 5.74) is 2.64. The Balaban J connectivity index is 1.98. The number of hydrogen-bond donors (Lipinski definition) is 0. The van der Waals surface area contributed by atoms with E-state index >= 15 is 0 Å². The molecule has 4 rings (SSSR count). The van der Waals surface area contributed by atoms with Gasteiger partial charge in [-0.1, -0.05) is 48.5 Å². The van der Waals surface area contributed by atoms with E-state index in [2.05, 4.69) is 77.1 Å². The van der Waals surface area contributed by atoms with Gasteiger partial charge in [-0.15, -0.1) is 11.3 Å². The van der Waals surface area contributed by atoms with Crippen LogP contribution in [-0.2, 0) is 0 Å². The van der Waals surface area contributed by atoms with Gasteiger partial charge >= 0.3 is 0 Å². The van der Waals surface area contributed by atoms with E-state index in [1.54, 1.807) is 0 Å². The Hall–Kier alpha value is -2.45. The zero-order chi connectivity index (χ0) is 14.8. The maximum atomic E-state index is 4.17. The van der Waals surface area contributed by atoms with E-state index in [9.17, 15) is 0 Å². The molecule has 0 aliphatic carbocycles. The van der Waals surface area contributed by atoms with E-state index in [1.165, 1.54) is 26.8 Å². The van der Waals surface area contributed by atoms with Crippen LogP contribution in [0.25, 0.3) is 10.8 Å². The summed E-state index contributed by atoms with van der Waals surface area (Å²) < 4.78 is 0. The van der Waals surface area contributed by atoms with Crippen molar-refractivity contribution in [3.05, 3.63) is 101 Å². The number of aromatic nitrogens is 1. The molecule has 0 spiro atoms. The molecule has 0 aliphatic rings. The normalized spacial score (nSPS) is 12.4. The summed E-state index contributed by atoms with van der Waals surface area (Å²) in [5.74, 6) is 0.258. The van der Waals surface area contributed by atoms with Crippen molar-refractivity contribution >= 4 is 22.1 Å². The van der Waals surface area contributed by atoms with Gasteiger partial charge in [0.25, 0.3) is 0 Å². The summed E-state index contributed by atoms with van der Waals surface area (Å²) in [6.45, 7) is 0. The van der Waals surface area contributed by atoms with E-state index in [1.807, 2.05) is 23.7 Å². The van der Waals surface area contributed by atoms with Crippen molar-refractivity contribution in [2.24, 2.45) is 0 Å². The SMILES string of the molecule is c1csc(C(c2ccncc2)c2cccc3ccccc23)c1. The molecule has 0 saturated carbocycles. The number of nitrogens with zero attached hydrogens (tertiary/aromatic N) is 1. The molecule has 0 aliphatic heterocycles. The van der Waals surface area contributed by atoms with Gasteiger partial charge in [-0.25, -0.2) is 0 Å². The molecule has 2 heterocycles. The van der Waals surface area contributed by atoms with Crippen LogP contribution in [0.1, 0.15) is 21.9 Å². The van der Waals surface area contributed by atoms with Crippen molar-refractivity contribution in [1.29, 1.82) is 0 Å². The summed E-state index contributed by atoms with van der Waals surface area (Å²) in [7, 11) is 0. The molecule has 1 unspecified atom stereocenters. The van der Waals surface area contributed by atoms with Crippen LogP contribution in [0.5, 0.6) is 0 Å². The third-order valence-corrected chi connectivity index (χ3v) is 4.94. The molecule has 2 heteroatoms. The van der Waals surface area contributed by atoms with Crippen LogP contribution in [0.15, 0.2) is 84.5 Å². The number of pyridine rings is 1. The molecular weight excluding hydrogens is 286 g/mol. The van der Waals surface area contributed by atoms with E-state index in [4.69, 9.17) is 0 Å². The Morgan fingerprint density at radius 3 is 2.41 bits per heavy atom. The molecule has 1 nitrogen and oxygen atoms in total. The number of rotatable bonds is 3. The average molecular weight is 301 g/mol. The lowest BCUT2D eigenvalue weighted by molar-refractivity contribution is 1.01. The summed E-state index contributed by atoms with van der Waals surface area (Å²) in [6.07, 6.45) is 3.75. The van der Waals surface area contributed by atoms with Crippen molar-refractivity contribution < 1.29 is 0 Å². The van der Waals surface area contributed by atoms with Crippen LogP contribution in [0.2, 0.25) is 0 Å². The first kappa shape index (κ1) is 13.2. The number of hydrogen-bond acceptors (Lipinski definition) is 2. The first-order valence-corrected chi connectivity index (χ1v) is 8.22. The molecule has 1 atom stereocenters. The third kappa shape index (κ3) is 2.32. The zero-order valence-electron chi connectivity index (χ0n) is 12.0. The highest BCUT2D eigenvalue weighted by molar-refractivity contribution is 7.10. The monoisotopic (exact) mass is 301 g/mol. The van der Waals surface area contributed by atoms with Crippen molar-refractivity contribution in [3.63, 3.8) is 0 Å². The van der Waals surface area contributed by atoms with Gasteiger partial charge < -0.3 is 0 Å². The summed E-state index contributed by atoms with van der Waals surface area (Å²) in [5, 5.41) is 4.75. The van der Waals surface area contributed by atoms with Gasteiger partial charge in [0.2, 0.25) is 0 Å². The van der Waals surface area contributed by atoms with Gasteiger partial charge in [-0.3, -0.25) is 4.98 Å². The van der Waals surface area contributed by atoms with Gasteiger partial charge in [-0.2, -0.15) is 0 Å². The smallest absolute Gasteiger partial charge is 0.0441 e. The van der Waals surface area contributed by atoms with Crippen LogP contribution < -0.4 is 0 Å². The van der Waals surface area contributed by atoms with Crippen LogP contribution in [-0.4, -0.2) is 4.98 Å². The van der Waals surface area contributed by atoms with E-state index in [-0.39, 0.29) is 5.92 Å². The van der Waals surface area contributed by atoms with Crippen LogP contribution >= 0.6 is 11.3 Å². The first-order valence-electron chi connectivity index (χ1n) is 7.34. The third-order valence-electron chi connectivity index (χ3n) is 4.00. The molecule has 106 valence electrons. The van der Waals surface area contributed by atoms with Crippen LogP contribution in [0, 0.1) is 0 Å². The second kappa shape index (κ2) is 5.74. The Morgan fingerprint density at radius 2 is 1.59 bits per heavy atom. The fraction of sp³-hybridized carbons (Fsp3) is 0.0500. The molecule has 0 amide bonds. The zero-order valence-corrected chi connectivity index (χ0v) is 12.8. The maximum absolute atomic E-state index is 4.17. The minimum atomic E-state index is 0.258. The molecule has 22 heavy (non-hydrogen) atoms. The van der Waals surface area contributed by atoms with Gasteiger partial charge in [0.05, 0.1) is 0 Å². The molecular formula is C20H15NS. The Kier molecular flexibility index (Phi) is 3.45. The van der Waals surface area contributed by atoms with Crippen LogP contribution in [0.4, 0.5) is 0 Å². The second-order valence-electron chi connectivity index (χ2n) is 5.30. The Morgan fingerprint density at radius 1 is 0.773 bits per heavy atom. The summed E-state index contributed by atoms with van der Waals surface area (Å²) in [6, 6.07) is 23.8. The van der Waals surface area contributed by atoms with Gasteiger partial charge in [0.1, 0.15) is 0 Å². The molecule has 0 N–H and O–H groups in total. The predicted molar refractivity (Wildman–Crippen MR) is 93.4 cm³/mol. The molecule has 0 fully saturated rings. The highest BCUT2D eigenvalue weighted by Crippen LogP contribution is 2.37. The van der Waals surface area contributed by atoms with E-state index in [0.29, 0.717) is 0 Å². The molecule has 0 bridgehead atoms. The van der Waals surface area contributed by atoms with Gasteiger partial charge in [0.15, 0.2) is 0 Å². The van der Waals surface area contributed by atoms with Gasteiger partial charge in [-0.05, 0) is 45.5 Å². The highest BCUT2D eigenvalue weighted by Gasteiger charge is 2.19. The highest BCUT2D eigenvalue weighted by atomic mass is 32.1. The minimum Gasteiger partial charge on any atom is -0.265 e. The Bertz CT molecular complexity index is 877. The lowest BCUT2D eigenvalue weighted by Gasteiger charge is -2.18. The lowest BCUT2D eigenvalue weighted by atomic mass is 9.87. The van der Waals surface area contributed by atoms with Crippen molar-refractivity contribution in [1.82, 2.24) is 4.98 Å². The van der Waals surface area contributed by atoms with Crippen molar-refractivity contribution in [2.75, 3.05) is 0 Å². The number of benzene rings is 2. The molecule has 2 aromatic carbocycles. The van der Waals surface area contributed by atoms with Crippen molar-refractivity contribution in [3.8, 4) is 0 Å². The average Bonchev–Trinajstić information content (AvgIpc) is 3.11. The summed E-state index contributed by atoms with van der Waals surface area (Å²) in [4.78, 5) is 5.53. The van der Waals surface area contributed by atoms with Crippen LogP contribution in [0.3, 0.4) is 0 Å². The largest absolute Gasteiger partial charge is 0.265 e. The fourth-order valence-electron chi connectivity index (χ4n) is 3.01. The Labute approximate surface area is 133 Å². The minimum absolute atomic E-state index is 0.258. The predicted octanol–water partition coefficient (Wildman–Crippen LogP) is 5.48. The number of thiophene rings is 1. The standard InChI is InChI=1S/C20H15NS/c1-2-7-17-15(5-1)6-3-8-18(17)20(19-9-4-14-22-19)16-10-12-21-13-11-16/h1-14,20H. The van der Waals surface area contributed by atoms with Crippen molar-refractivity contribution in [2.45, 2.75) is 5.92 Å². The topological polar surface area (TPSA) is 12.9 Å². The molecule has 0 radical (unpaired) electrons. The maximum Gasteiger partial charge on any atom is 0.0441 e. The lowest BCUT2D eigenvalue weighted by Crippen LogP contribution is -2.02. The van der Waals surface area contributed by atoms with E-state index < -0.39 is 0 Å². The first-order chi connectivity index (χ1) is 10.9. The van der Waals surface area contributed by atoms with E-state index in [0.717, 1.165) is 0 Å². The quantitative estimate of drug-likeness (QED) is 0.488. The molecule has 0 saturated heterocycles. The molecule has 4 aromatic rings. The summed E-state index contributed by atoms with van der Waals surface area (Å²) >= 11 is 1.81. The fourth-order valence-corrected chi connectivity index (χ4v) is 3.88. The molecule has 2 aromatic heterocycles. The van der Waals surface area contributed by atoms with Gasteiger partial charge in [0, 0.05) is 23.2 Å². The second-order valence-corrected chi connectivity index (χ2v) is 6.28.